The summed E-state index contributed by atoms with van der Waals surface area (Å²) in [6.07, 6.45) is 8.30. The fraction of sp³-hybridized carbons (Fsp3) is 0.545. The first-order valence-electron chi connectivity index (χ1n) is 4.71. The molecule has 0 aromatic rings. The Balaban J connectivity index is 2.72. The third kappa shape index (κ3) is 2.00. The Labute approximate surface area is 79.3 Å². The first kappa shape index (κ1) is 10.0. The highest BCUT2D eigenvalue weighted by atomic mass is 16.5. The van der Waals surface area contributed by atoms with Crippen LogP contribution in [0.15, 0.2) is 24.8 Å². The molecule has 1 aliphatic rings. The van der Waals surface area contributed by atoms with Crippen molar-refractivity contribution in [2.75, 3.05) is 6.61 Å². The van der Waals surface area contributed by atoms with E-state index in [-0.39, 0.29) is 5.97 Å². The summed E-state index contributed by atoms with van der Waals surface area (Å²) >= 11 is 0. The highest BCUT2D eigenvalue weighted by molar-refractivity contribution is 5.80. The van der Waals surface area contributed by atoms with Gasteiger partial charge < -0.3 is 4.74 Å². The number of carbonyl (C=O) groups is 1. The number of hydrogen-bond donors (Lipinski definition) is 0. The van der Waals surface area contributed by atoms with Gasteiger partial charge in [0, 0.05) is 0 Å². The molecule has 1 aliphatic carbocycles. The lowest BCUT2D eigenvalue weighted by Gasteiger charge is -2.22. The number of esters is 1. The van der Waals surface area contributed by atoms with E-state index in [1.54, 1.807) is 6.08 Å². The van der Waals surface area contributed by atoms with Gasteiger partial charge in [0.1, 0.15) is 0 Å². The number of rotatable bonds is 4. The van der Waals surface area contributed by atoms with Crippen LogP contribution in [0.4, 0.5) is 0 Å². The minimum atomic E-state index is -0.405. The van der Waals surface area contributed by atoms with Crippen LogP contribution < -0.4 is 0 Å². The lowest BCUT2D eigenvalue weighted by atomic mass is 9.84. The standard InChI is InChI=1S/C11H16O2/c1-3-7-11(8-5-6-9-11)10(12)13-4-2/h3,5,8H,1,4,6-7,9H2,2H3/t11-/m1/s1. The second kappa shape index (κ2) is 4.26. The first-order valence-corrected chi connectivity index (χ1v) is 4.71. The fourth-order valence-corrected chi connectivity index (χ4v) is 1.69. The van der Waals surface area contributed by atoms with Gasteiger partial charge in [-0.2, -0.15) is 0 Å². The lowest BCUT2D eigenvalue weighted by molar-refractivity contribution is -0.152. The molecule has 0 unspecified atom stereocenters. The van der Waals surface area contributed by atoms with Gasteiger partial charge >= 0.3 is 5.97 Å². The molecule has 0 spiro atoms. The summed E-state index contributed by atoms with van der Waals surface area (Å²) in [6.45, 7) is 5.95. The molecule has 0 amide bonds. The van der Waals surface area contributed by atoms with Crippen molar-refractivity contribution in [2.45, 2.75) is 26.2 Å². The number of hydrogen-bond acceptors (Lipinski definition) is 2. The molecule has 0 aromatic carbocycles. The van der Waals surface area contributed by atoms with Gasteiger partial charge in [0.2, 0.25) is 0 Å². The molecule has 0 aliphatic heterocycles. The van der Waals surface area contributed by atoms with Gasteiger partial charge in [-0.15, -0.1) is 6.58 Å². The molecule has 0 aromatic heterocycles. The Hall–Kier alpha value is -1.05. The monoisotopic (exact) mass is 180 g/mol. The van der Waals surface area contributed by atoms with Crippen molar-refractivity contribution < 1.29 is 9.53 Å². The minimum Gasteiger partial charge on any atom is -0.465 e. The second-order valence-corrected chi connectivity index (χ2v) is 3.31. The van der Waals surface area contributed by atoms with Gasteiger partial charge in [0.05, 0.1) is 12.0 Å². The summed E-state index contributed by atoms with van der Waals surface area (Å²) in [5.41, 5.74) is -0.405. The Morgan fingerprint density at radius 1 is 1.77 bits per heavy atom. The van der Waals surface area contributed by atoms with Crippen LogP contribution in [0.1, 0.15) is 26.2 Å². The molecule has 0 bridgehead atoms. The van der Waals surface area contributed by atoms with Crippen LogP contribution in [0, 0.1) is 5.41 Å². The molecule has 0 N–H and O–H groups in total. The summed E-state index contributed by atoms with van der Waals surface area (Å²) in [5, 5.41) is 0. The Kier molecular flexibility index (Phi) is 3.29. The zero-order valence-corrected chi connectivity index (χ0v) is 8.08. The third-order valence-electron chi connectivity index (χ3n) is 2.38. The minimum absolute atomic E-state index is 0.108. The Morgan fingerprint density at radius 3 is 3.00 bits per heavy atom. The maximum atomic E-state index is 11.6. The molecule has 1 atom stereocenters. The van der Waals surface area contributed by atoms with Crippen molar-refractivity contribution in [3.8, 4) is 0 Å². The fourth-order valence-electron chi connectivity index (χ4n) is 1.69. The molecule has 0 radical (unpaired) electrons. The summed E-state index contributed by atoms with van der Waals surface area (Å²) < 4.78 is 5.04. The van der Waals surface area contributed by atoms with E-state index in [9.17, 15) is 4.79 Å². The summed E-state index contributed by atoms with van der Waals surface area (Å²) in [5.74, 6) is -0.108. The average molecular weight is 180 g/mol. The molecule has 1 rings (SSSR count). The van der Waals surface area contributed by atoms with Crippen molar-refractivity contribution in [3.63, 3.8) is 0 Å². The van der Waals surface area contributed by atoms with Crippen LogP contribution in [-0.4, -0.2) is 12.6 Å². The van der Waals surface area contributed by atoms with E-state index in [1.807, 2.05) is 19.1 Å². The smallest absolute Gasteiger partial charge is 0.316 e. The van der Waals surface area contributed by atoms with E-state index in [0.29, 0.717) is 13.0 Å². The van der Waals surface area contributed by atoms with Crippen molar-refractivity contribution >= 4 is 5.97 Å². The number of ether oxygens (including phenoxy) is 1. The zero-order chi connectivity index (χ0) is 9.73. The predicted molar refractivity (Wildman–Crippen MR) is 52.3 cm³/mol. The Bertz CT molecular complexity index is 230. The SMILES string of the molecule is C=CC[C@@]1(C(=O)OCC)C=CCC1. The van der Waals surface area contributed by atoms with Crippen LogP contribution in [0.25, 0.3) is 0 Å². The molecular weight excluding hydrogens is 164 g/mol. The summed E-state index contributed by atoms with van der Waals surface area (Å²) in [6, 6.07) is 0. The molecule has 0 heterocycles. The zero-order valence-electron chi connectivity index (χ0n) is 8.08. The van der Waals surface area contributed by atoms with Crippen molar-refractivity contribution in [2.24, 2.45) is 5.41 Å². The van der Waals surface area contributed by atoms with E-state index in [0.717, 1.165) is 12.8 Å². The maximum Gasteiger partial charge on any atom is 0.316 e. The highest BCUT2D eigenvalue weighted by Crippen LogP contribution is 2.37. The molecule has 13 heavy (non-hydrogen) atoms. The lowest BCUT2D eigenvalue weighted by Crippen LogP contribution is -2.28. The van der Waals surface area contributed by atoms with Gasteiger partial charge in [-0.25, -0.2) is 0 Å². The van der Waals surface area contributed by atoms with Crippen molar-refractivity contribution in [3.05, 3.63) is 24.8 Å². The number of carbonyl (C=O) groups excluding carboxylic acids is 1. The molecule has 0 fully saturated rings. The molecule has 72 valence electrons. The van der Waals surface area contributed by atoms with Gasteiger partial charge in [0.25, 0.3) is 0 Å². The predicted octanol–water partition coefficient (Wildman–Crippen LogP) is 2.46. The molecule has 0 saturated carbocycles. The average Bonchev–Trinajstić information content (AvgIpc) is 2.55. The quantitative estimate of drug-likeness (QED) is 0.490. The van der Waals surface area contributed by atoms with E-state index >= 15 is 0 Å². The van der Waals surface area contributed by atoms with Crippen molar-refractivity contribution in [1.82, 2.24) is 0 Å². The van der Waals surface area contributed by atoms with Gasteiger partial charge in [-0.3, -0.25) is 4.79 Å². The first-order chi connectivity index (χ1) is 6.25. The topological polar surface area (TPSA) is 26.3 Å². The highest BCUT2D eigenvalue weighted by Gasteiger charge is 2.37. The summed E-state index contributed by atoms with van der Waals surface area (Å²) in [7, 11) is 0. The van der Waals surface area contributed by atoms with Gasteiger partial charge in [0.15, 0.2) is 0 Å². The second-order valence-electron chi connectivity index (χ2n) is 3.31. The molecule has 2 nitrogen and oxygen atoms in total. The van der Waals surface area contributed by atoms with Gasteiger partial charge in [-0.05, 0) is 26.2 Å². The normalized spacial score (nSPS) is 25.9. The van der Waals surface area contributed by atoms with E-state index in [2.05, 4.69) is 6.58 Å². The number of allylic oxidation sites excluding steroid dienone is 2. The van der Waals surface area contributed by atoms with Crippen LogP contribution in [0.3, 0.4) is 0 Å². The van der Waals surface area contributed by atoms with E-state index in [1.165, 1.54) is 0 Å². The maximum absolute atomic E-state index is 11.6. The molecule has 2 heteroatoms. The van der Waals surface area contributed by atoms with Crippen LogP contribution in [-0.2, 0) is 9.53 Å². The summed E-state index contributed by atoms with van der Waals surface area (Å²) in [4.78, 5) is 11.6. The molecular formula is C11H16O2. The van der Waals surface area contributed by atoms with Crippen LogP contribution in [0.5, 0.6) is 0 Å². The van der Waals surface area contributed by atoms with Crippen molar-refractivity contribution in [1.29, 1.82) is 0 Å². The van der Waals surface area contributed by atoms with Crippen LogP contribution in [0.2, 0.25) is 0 Å². The van der Waals surface area contributed by atoms with Gasteiger partial charge in [-0.1, -0.05) is 18.2 Å². The van der Waals surface area contributed by atoms with E-state index in [4.69, 9.17) is 4.74 Å². The largest absolute Gasteiger partial charge is 0.465 e. The van der Waals surface area contributed by atoms with E-state index < -0.39 is 5.41 Å². The Morgan fingerprint density at radius 2 is 2.54 bits per heavy atom. The molecule has 0 saturated heterocycles. The van der Waals surface area contributed by atoms with Crippen LogP contribution >= 0.6 is 0 Å². The third-order valence-corrected chi connectivity index (χ3v) is 2.38.